The Bertz CT molecular complexity index is 1430. The Morgan fingerprint density at radius 2 is 2.00 bits per heavy atom. The van der Waals surface area contributed by atoms with E-state index in [4.69, 9.17) is 11.8 Å². The Balaban J connectivity index is 1.69. The highest BCUT2D eigenvalue weighted by Gasteiger charge is 2.33. The van der Waals surface area contributed by atoms with Crippen molar-refractivity contribution in [2.24, 2.45) is 0 Å². The molecule has 0 radical (unpaired) electrons. The van der Waals surface area contributed by atoms with Gasteiger partial charge in [0.05, 0.1) is 14.5 Å². The normalized spacial score (nSPS) is 12.8. The molecule has 0 spiro atoms. The summed E-state index contributed by atoms with van der Waals surface area (Å²) in [5.74, 6) is -1.06. The van der Waals surface area contributed by atoms with E-state index in [1.54, 1.807) is 31.3 Å². The number of halogens is 3. The molecule has 12 heteroatoms. The first-order chi connectivity index (χ1) is 17.1. The third-order valence-corrected chi connectivity index (χ3v) is 5.18. The molecule has 182 valence electrons. The third kappa shape index (κ3) is 5.10. The molecule has 0 bridgehead atoms. The Hall–Kier alpha value is -4.35. The topological polar surface area (TPSA) is 117 Å². The Morgan fingerprint density at radius 1 is 1.23 bits per heavy atom. The maximum absolute atomic E-state index is 13.2. The maximum atomic E-state index is 13.2. The second-order valence-corrected chi connectivity index (χ2v) is 7.59. The van der Waals surface area contributed by atoms with Crippen molar-refractivity contribution in [3.8, 4) is 22.8 Å². The summed E-state index contributed by atoms with van der Waals surface area (Å²) >= 11 is 0. The number of amides is 1. The number of aryl methyl sites for hydroxylation is 1. The number of nitrogens with one attached hydrogen (secondary N) is 1. The van der Waals surface area contributed by atoms with Crippen LogP contribution in [0.5, 0.6) is 11.6 Å². The average molecular weight is 487 g/mol. The number of carbonyl (C=O) groups excluding carboxylic acids is 1. The number of nitrogens with two attached hydrogens (primary N) is 1. The van der Waals surface area contributed by atoms with E-state index in [2.05, 4.69) is 25.1 Å². The van der Waals surface area contributed by atoms with Crippen LogP contribution in [0, 0.1) is 6.92 Å². The molecular weight excluding hydrogens is 465 g/mol. The van der Waals surface area contributed by atoms with Gasteiger partial charge in [0.1, 0.15) is 11.3 Å². The van der Waals surface area contributed by atoms with E-state index >= 15 is 0 Å². The van der Waals surface area contributed by atoms with Gasteiger partial charge in [-0.1, -0.05) is 18.2 Å². The molecule has 0 fully saturated rings. The number of ether oxygens (including phenoxy) is 2. The molecule has 0 aliphatic heterocycles. The van der Waals surface area contributed by atoms with Crippen LogP contribution in [0.25, 0.3) is 16.8 Å². The first-order valence-electron chi connectivity index (χ1n) is 11.0. The molecule has 0 saturated carbocycles. The van der Waals surface area contributed by atoms with Gasteiger partial charge in [-0.25, -0.2) is 9.50 Å². The zero-order valence-electron chi connectivity index (χ0n) is 19.6. The number of anilines is 1. The van der Waals surface area contributed by atoms with Gasteiger partial charge >= 0.3 is 6.36 Å². The first-order valence-corrected chi connectivity index (χ1v) is 10.3. The molecule has 4 rings (SSSR count). The fraction of sp³-hybridized carbons (Fsp3) is 0.217. The minimum Gasteiger partial charge on any atom is -0.480 e. The van der Waals surface area contributed by atoms with Crippen molar-refractivity contribution in [1.82, 2.24) is 24.9 Å². The highest BCUT2D eigenvalue weighted by molar-refractivity contribution is 5.98. The summed E-state index contributed by atoms with van der Waals surface area (Å²) in [4.78, 5) is 21.7. The number of nitrogen functional groups attached to an aromatic ring is 1. The van der Waals surface area contributed by atoms with E-state index in [0.29, 0.717) is 22.5 Å². The van der Waals surface area contributed by atoms with Crippen molar-refractivity contribution >= 4 is 17.5 Å². The van der Waals surface area contributed by atoms with Crippen molar-refractivity contribution < 1.29 is 28.8 Å². The van der Waals surface area contributed by atoms with Crippen LogP contribution in [0.15, 0.2) is 48.7 Å². The number of nitrogens with zero attached hydrogens (tertiary/aromatic N) is 4. The second-order valence-electron chi connectivity index (χ2n) is 7.59. The lowest BCUT2D eigenvalue weighted by Gasteiger charge is -2.20. The first kappa shape index (κ1) is 22.4. The largest absolute Gasteiger partial charge is 0.573 e. The summed E-state index contributed by atoms with van der Waals surface area (Å²) in [5, 5.41) is 6.69. The standard InChI is InChI=1S/C23H21F3N6O3/c1-12(15-6-4-5-7-18(15)35-23(24,25)26)28-20(33)17-11-16(13(2)29-21(17)34-3)14-8-9-32-19(10-14)30-22(27)31-32/h4-12H,1-3H3,(H2,27,31)(H,28,33)/i3D. The number of para-hydroxylation sites is 1. The second kappa shape index (κ2) is 9.12. The molecule has 9 nitrogen and oxygen atoms in total. The molecule has 0 aliphatic rings. The van der Waals surface area contributed by atoms with Crippen LogP contribution in [0.2, 0.25) is 0 Å². The molecule has 0 aliphatic carbocycles. The maximum Gasteiger partial charge on any atom is 0.573 e. The molecule has 1 unspecified atom stereocenters. The lowest BCUT2D eigenvalue weighted by Crippen LogP contribution is -2.28. The van der Waals surface area contributed by atoms with Crippen molar-refractivity contribution in [1.29, 1.82) is 0 Å². The van der Waals surface area contributed by atoms with Gasteiger partial charge in [0.25, 0.3) is 5.91 Å². The van der Waals surface area contributed by atoms with Crippen molar-refractivity contribution in [3.05, 3.63) is 65.5 Å². The Labute approximate surface area is 199 Å². The Kier molecular flexibility index (Phi) is 5.85. The van der Waals surface area contributed by atoms with Crippen molar-refractivity contribution in [2.75, 3.05) is 12.8 Å². The van der Waals surface area contributed by atoms with Gasteiger partial charge in [-0.2, -0.15) is 4.98 Å². The summed E-state index contributed by atoms with van der Waals surface area (Å²) in [6.07, 6.45) is -3.23. The van der Waals surface area contributed by atoms with Crippen molar-refractivity contribution in [3.63, 3.8) is 0 Å². The highest BCUT2D eigenvalue weighted by atomic mass is 19.4. The summed E-state index contributed by atoms with van der Waals surface area (Å²) in [6, 6.07) is 9.66. The molecular formula is C23H21F3N6O3. The van der Waals surface area contributed by atoms with Crippen LogP contribution >= 0.6 is 0 Å². The van der Waals surface area contributed by atoms with E-state index in [1.807, 2.05) is 0 Å². The summed E-state index contributed by atoms with van der Waals surface area (Å²) in [5.41, 5.74) is 8.03. The van der Waals surface area contributed by atoms with Crippen LogP contribution in [-0.2, 0) is 0 Å². The van der Waals surface area contributed by atoms with E-state index in [1.165, 1.54) is 35.7 Å². The SMILES string of the molecule is [2H]COc1nc(C)c(-c2ccn3nc(N)nc3c2)cc1C(=O)NC(C)c1ccccc1OC(F)(F)F. The molecule has 0 saturated heterocycles. The minimum absolute atomic E-state index is 0.00442. The number of rotatable bonds is 6. The van der Waals surface area contributed by atoms with E-state index < -0.39 is 31.1 Å². The number of methoxy groups -OCH3 is 1. The lowest BCUT2D eigenvalue weighted by molar-refractivity contribution is -0.275. The van der Waals surface area contributed by atoms with Crippen LogP contribution in [-0.4, -0.2) is 38.9 Å². The molecule has 3 aromatic heterocycles. The number of alkyl halides is 3. The molecule has 4 aromatic rings. The summed E-state index contributed by atoms with van der Waals surface area (Å²) < 4.78 is 56.7. The molecule has 1 amide bonds. The summed E-state index contributed by atoms with van der Waals surface area (Å²) in [7, 11) is -0.491. The van der Waals surface area contributed by atoms with Crippen LogP contribution in [0.1, 0.15) is 36.0 Å². The van der Waals surface area contributed by atoms with Crippen LogP contribution in [0.4, 0.5) is 19.1 Å². The molecule has 35 heavy (non-hydrogen) atoms. The molecule has 1 aromatic carbocycles. The van der Waals surface area contributed by atoms with E-state index in [-0.39, 0.29) is 23.0 Å². The number of pyridine rings is 2. The number of aromatic nitrogens is 4. The van der Waals surface area contributed by atoms with Gasteiger partial charge in [0, 0.05) is 23.0 Å². The molecule has 3 heterocycles. The third-order valence-electron chi connectivity index (χ3n) is 5.18. The zero-order chi connectivity index (χ0) is 26.0. The molecule has 1 atom stereocenters. The van der Waals surface area contributed by atoms with Gasteiger partial charge in [-0.15, -0.1) is 18.3 Å². The zero-order valence-corrected chi connectivity index (χ0v) is 18.6. The van der Waals surface area contributed by atoms with Crippen molar-refractivity contribution in [2.45, 2.75) is 26.3 Å². The van der Waals surface area contributed by atoms with Crippen LogP contribution in [0.3, 0.4) is 0 Å². The van der Waals surface area contributed by atoms with Gasteiger partial charge < -0.3 is 20.5 Å². The minimum atomic E-state index is -4.89. The van der Waals surface area contributed by atoms with Gasteiger partial charge in [-0.05, 0) is 43.7 Å². The Morgan fingerprint density at radius 3 is 2.74 bits per heavy atom. The quantitative estimate of drug-likeness (QED) is 0.421. The number of hydrogen-bond donors (Lipinski definition) is 2. The number of carbonyl (C=O) groups is 1. The van der Waals surface area contributed by atoms with Gasteiger partial charge in [-0.3, -0.25) is 4.79 Å². The number of hydrogen-bond acceptors (Lipinski definition) is 7. The predicted molar refractivity (Wildman–Crippen MR) is 121 cm³/mol. The number of benzene rings is 1. The van der Waals surface area contributed by atoms with Crippen LogP contribution < -0.4 is 20.5 Å². The van der Waals surface area contributed by atoms with E-state index in [9.17, 15) is 18.0 Å². The van der Waals surface area contributed by atoms with Gasteiger partial charge in [0.15, 0.2) is 5.65 Å². The predicted octanol–water partition coefficient (Wildman–Crippen LogP) is 4.08. The summed E-state index contributed by atoms with van der Waals surface area (Å²) in [6.45, 7) is 3.23. The number of fused-ring (bicyclic) bond motifs is 1. The lowest BCUT2D eigenvalue weighted by atomic mass is 10.0. The fourth-order valence-electron chi connectivity index (χ4n) is 3.62. The van der Waals surface area contributed by atoms with E-state index in [0.717, 1.165) is 0 Å². The monoisotopic (exact) mass is 487 g/mol. The fourth-order valence-corrected chi connectivity index (χ4v) is 3.62. The average Bonchev–Trinajstić information content (AvgIpc) is 3.17. The highest BCUT2D eigenvalue weighted by Crippen LogP contribution is 2.32. The smallest absolute Gasteiger partial charge is 0.480 e. The molecule has 3 N–H and O–H groups in total. The van der Waals surface area contributed by atoms with Gasteiger partial charge in [0.2, 0.25) is 11.8 Å².